The van der Waals surface area contributed by atoms with Gasteiger partial charge in [-0.1, -0.05) is 18.2 Å². The highest BCUT2D eigenvalue weighted by Crippen LogP contribution is 2.19. The summed E-state index contributed by atoms with van der Waals surface area (Å²) >= 11 is 5.39. The first kappa shape index (κ1) is 18.7. The molecule has 0 saturated heterocycles. The van der Waals surface area contributed by atoms with E-state index >= 15 is 0 Å². The average molecular weight is 358 g/mol. The molecule has 0 aliphatic rings. The lowest BCUT2D eigenvalue weighted by Gasteiger charge is -2.19. The SMILES string of the molecule is COC(=O)c1ccc(C)c(NC(=S)N[C@@H](C)c2ccc(OC)cc2)c1. The Labute approximate surface area is 153 Å². The van der Waals surface area contributed by atoms with Crippen LogP contribution >= 0.6 is 12.2 Å². The molecule has 0 amide bonds. The van der Waals surface area contributed by atoms with Crippen LogP contribution in [0.1, 0.15) is 34.5 Å². The van der Waals surface area contributed by atoms with E-state index in [0.717, 1.165) is 22.6 Å². The Morgan fingerprint density at radius 2 is 1.80 bits per heavy atom. The van der Waals surface area contributed by atoms with Crippen molar-refractivity contribution in [1.29, 1.82) is 0 Å². The average Bonchev–Trinajstić information content (AvgIpc) is 2.62. The molecule has 5 nitrogen and oxygen atoms in total. The Balaban J connectivity index is 2.05. The molecule has 0 radical (unpaired) electrons. The van der Waals surface area contributed by atoms with E-state index in [-0.39, 0.29) is 12.0 Å². The van der Waals surface area contributed by atoms with Crippen LogP contribution in [0.25, 0.3) is 0 Å². The van der Waals surface area contributed by atoms with Gasteiger partial charge in [-0.3, -0.25) is 0 Å². The van der Waals surface area contributed by atoms with Crippen LogP contribution in [-0.2, 0) is 4.74 Å². The summed E-state index contributed by atoms with van der Waals surface area (Å²) < 4.78 is 9.92. The summed E-state index contributed by atoms with van der Waals surface area (Å²) in [6, 6.07) is 13.1. The van der Waals surface area contributed by atoms with Crippen molar-refractivity contribution in [3.05, 3.63) is 59.2 Å². The van der Waals surface area contributed by atoms with Crippen molar-refractivity contribution < 1.29 is 14.3 Å². The molecule has 0 aromatic heterocycles. The smallest absolute Gasteiger partial charge is 0.337 e. The fraction of sp³-hybridized carbons (Fsp3) is 0.263. The number of hydrogen-bond donors (Lipinski definition) is 2. The minimum absolute atomic E-state index is 0.0231. The molecule has 0 fully saturated rings. The zero-order valence-corrected chi connectivity index (χ0v) is 15.6. The van der Waals surface area contributed by atoms with Gasteiger partial charge in [0.15, 0.2) is 5.11 Å². The van der Waals surface area contributed by atoms with Crippen LogP contribution in [0.15, 0.2) is 42.5 Å². The van der Waals surface area contributed by atoms with E-state index in [1.165, 1.54) is 7.11 Å². The zero-order chi connectivity index (χ0) is 18.4. The molecule has 2 aromatic rings. The van der Waals surface area contributed by atoms with Gasteiger partial charge >= 0.3 is 5.97 Å². The van der Waals surface area contributed by atoms with Crippen molar-refractivity contribution in [3.63, 3.8) is 0 Å². The lowest BCUT2D eigenvalue weighted by atomic mass is 10.1. The minimum Gasteiger partial charge on any atom is -0.497 e. The van der Waals surface area contributed by atoms with Crippen LogP contribution in [0.3, 0.4) is 0 Å². The molecule has 0 aliphatic carbocycles. The van der Waals surface area contributed by atoms with E-state index in [9.17, 15) is 4.79 Å². The van der Waals surface area contributed by atoms with Gasteiger partial charge in [0.05, 0.1) is 25.8 Å². The predicted octanol–water partition coefficient (Wildman–Crippen LogP) is 3.84. The number of anilines is 1. The molecule has 2 rings (SSSR count). The fourth-order valence-corrected chi connectivity index (χ4v) is 2.62. The number of carbonyl (C=O) groups excluding carboxylic acids is 1. The van der Waals surface area contributed by atoms with Gasteiger partial charge in [0.1, 0.15) is 5.75 Å². The number of rotatable bonds is 5. The molecular weight excluding hydrogens is 336 g/mol. The number of methoxy groups -OCH3 is 2. The number of hydrogen-bond acceptors (Lipinski definition) is 4. The highest BCUT2D eigenvalue weighted by atomic mass is 32.1. The number of thiocarbonyl (C=S) groups is 1. The Hall–Kier alpha value is -2.60. The third kappa shape index (κ3) is 4.93. The van der Waals surface area contributed by atoms with Crippen LogP contribution in [0.5, 0.6) is 5.75 Å². The summed E-state index contributed by atoms with van der Waals surface area (Å²) in [5.41, 5.74) is 3.31. The first-order valence-corrected chi connectivity index (χ1v) is 8.26. The van der Waals surface area contributed by atoms with Gasteiger partial charge in [0.2, 0.25) is 0 Å². The van der Waals surface area contributed by atoms with E-state index < -0.39 is 0 Å². The molecule has 0 aliphatic heterocycles. The highest BCUT2D eigenvalue weighted by Gasteiger charge is 2.11. The number of carbonyl (C=O) groups is 1. The summed E-state index contributed by atoms with van der Waals surface area (Å²) in [6.45, 7) is 3.96. The minimum atomic E-state index is -0.381. The van der Waals surface area contributed by atoms with Gasteiger partial charge in [-0.05, 0) is 61.5 Å². The summed E-state index contributed by atoms with van der Waals surface area (Å²) in [4.78, 5) is 11.7. The van der Waals surface area contributed by atoms with Gasteiger partial charge in [0, 0.05) is 5.69 Å². The Kier molecular flexibility index (Phi) is 6.36. The van der Waals surface area contributed by atoms with Gasteiger partial charge in [-0.15, -0.1) is 0 Å². The van der Waals surface area contributed by atoms with E-state index in [0.29, 0.717) is 10.7 Å². The van der Waals surface area contributed by atoms with Crippen LogP contribution in [0.2, 0.25) is 0 Å². The van der Waals surface area contributed by atoms with Crippen LogP contribution in [0, 0.1) is 6.92 Å². The van der Waals surface area contributed by atoms with Crippen molar-refractivity contribution in [2.75, 3.05) is 19.5 Å². The maximum atomic E-state index is 11.7. The molecule has 0 spiro atoms. The number of esters is 1. The third-order valence-corrected chi connectivity index (χ3v) is 4.09. The summed E-state index contributed by atoms with van der Waals surface area (Å²) in [7, 11) is 3.00. The molecule has 0 unspecified atom stereocenters. The van der Waals surface area contributed by atoms with E-state index in [1.807, 2.05) is 44.2 Å². The summed E-state index contributed by atoms with van der Waals surface area (Å²) in [5.74, 6) is 0.431. The normalized spacial score (nSPS) is 11.4. The lowest BCUT2D eigenvalue weighted by Crippen LogP contribution is -2.31. The second-order valence-electron chi connectivity index (χ2n) is 5.61. The maximum Gasteiger partial charge on any atom is 0.337 e. The summed E-state index contributed by atoms with van der Waals surface area (Å²) in [6.07, 6.45) is 0. The molecule has 0 heterocycles. The van der Waals surface area contributed by atoms with Crippen molar-refractivity contribution in [2.45, 2.75) is 19.9 Å². The van der Waals surface area contributed by atoms with E-state index in [1.54, 1.807) is 19.2 Å². The number of aryl methyl sites for hydroxylation is 1. The van der Waals surface area contributed by atoms with Crippen LogP contribution in [0.4, 0.5) is 5.69 Å². The van der Waals surface area contributed by atoms with Crippen molar-refractivity contribution in [2.24, 2.45) is 0 Å². The standard InChI is InChI=1S/C19H22N2O3S/c1-12-5-6-15(18(22)24-4)11-17(12)21-19(25)20-13(2)14-7-9-16(23-3)10-8-14/h5-11,13H,1-4H3,(H2,20,21,25)/t13-/m0/s1. The molecule has 2 N–H and O–H groups in total. The lowest BCUT2D eigenvalue weighted by molar-refractivity contribution is 0.0601. The maximum absolute atomic E-state index is 11.7. The number of nitrogens with one attached hydrogen (secondary N) is 2. The Bertz CT molecular complexity index is 760. The molecule has 0 bridgehead atoms. The first-order chi connectivity index (χ1) is 11.9. The summed E-state index contributed by atoms with van der Waals surface area (Å²) in [5, 5.41) is 6.86. The third-order valence-electron chi connectivity index (χ3n) is 3.87. The monoisotopic (exact) mass is 358 g/mol. The highest BCUT2D eigenvalue weighted by molar-refractivity contribution is 7.80. The molecule has 25 heavy (non-hydrogen) atoms. The van der Waals surface area contributed by atoms with Crippen molar-refractivity contribution >= 4 is 29.0 Å². The first-order valence-electron chi connectivity index (χ1n) is 7.85. The van der Waals surface area contributed by atoms with Crippen molar-refractivity contribution in [3.8, 4) is 5.75 Å². The second kappa shape index (κ2) is 8.48. The number of benzene rings is 2. The van der Waals surface area contributed by atoms with Crippen molar-refractivity contribution in [1.82, 2.24) is 5.32 Å². The molecular formula is C19H22N2O3S. The largest absolute Gasteiger partial charge is 0.497 e. The fourth-order valence-electron chi connectivity index (χ4n) is 2.33. The molecule has 0 saturated carbocycles. The second-order valence-corrected chi connectivity index (χ2v) is 6.02. The molecule has 1 atom stereocenters. The van der Waals surface area contributed by atoms with Gasteiger partial charge < -0.3 is 20.1 Å². The van der Waals surface area contributed by atoms with Gasteiger partial charge in [-0.2, -0.15) is 0 Å². The van der Waals surface area contributed by atoms with Crippen LogP contribution in [-0.4, -0.2) is 25.3 Å². The zero-order valence-electron chi connectivity index (χ0n) is 14.8. The van der Waals surface area contributed by atoms with E-state index in [2.05, 4.69) is 10.6 Å². The van der Waals surface area contributed by atoms with E-state index in [4.69, 9.17) is 21.7 Å². The topological polar surface area (TPSA) is 59.6 Å². The van der Waals surface area contributed by atoms with Gasteiger partial charge in [0.25, 0.3) is 0 Å². The van der Waals surface area contributed by atoms with Crippen LogP contribution < -0.4 is 15.4 Å². The Morgan fingerprint density at radius 3 is 2.40 bits per heavy atom. The molecule has 2 aromatic carbocycles. The molecule has 6 heteroatoms. The molecule has 132 valence electrons. The predicted molar refractivity (Wildman–Crippen MR) is 103 cm³/mol. The van der Waals surface area contributed by atoms with Gasteiger partial charge in [-0.25, -0.2) is 4.79 Å². The quantitative estimate of drug-likeness (QED) is 0.626. The number of ether oxygens (including phenoxy) is 2. The Morgan fingerprint density at radius 1 is 1.12 bits per heavy atom.